The van der Waals surface area contributed by atoms with E-state index in [0.29, 0.717) is 16.2 Å². The minimum atomic E-state index is -4.50. The number of thioether (sulfide) groups is 1. The first-order valence-corrected chi connectivity index (χ1v) is 10.5. The second kappa shape index (κ2) is 9.43. The largest absolute Gasteiger partial charge is 0.465 e. The molecule has 0 aromatic carbocycles. The highest BCUT2D eigenvalue weighted by Gasteiger charge is 2.31. The number of carbonyl (C=O) groups excluding carboxylic acids is 2. The van der Waals surface area contributed by atoms with Gasteiger partial charge < -0.3 is 4.74 Å². The number of amides is 1. The average Bonchev–Trinajstić information content (AvgIpc) is 3.32. The van der Waals surface area contributed by atoms with Gasteiger partial charge in [0.05, 0.1) is 35.4 Å². The zero-order valence-corrected chi connectivity index (χ0v) is 17.8. The number of carbonyl (C=O) groups is 2. The van der Waals surface area contributed by atoms with Gasteiger partial charge in [0.25, 0.3) is 5.91 Å². The SMILES string of the molecule is CCOC(=O)CSc1nnc(NC(=O)c2cnn(-c3ccc(C(F)(F)F)cn3)c2C)s1. The molecule has 3 heterocycles. The molecule has 31 heavy (non-hydrogen) atoms. The Kier molecular flexibility index (Phi) is 6.90. The number of rotatable bonds is 7. The van der Waals surface area contributed by atoms with Crippen LogP contribution in [0.4, 0.5) is 18.3 Å². The summed E-state index contributed by atoms with van der Waals surface area (Å²) in [5.74, 6) is -0.692. The third-order valence-electron chi connectivity index (χ3n) is 3.79. The van der Waals surface area contributed by atoms with Gasteiger partial charge >= 0.3 is 12.1 Å². The molecule has 0 atom stereocenters. The van der Waals surface area contributed by atoms with Crippen LogP contribution in [0.5, 0.6) is 0 Å². The molecule has 0 unspecified atom stereocenters. The Morgan fingerprint density at radius 3 is 2.68 bits per heavy atom. The van der Waals surface area contributed by atoms with Gasteiger partial charge in [0.2, 0.25) is 5.13 Å². The summed E-state index contributed by atoms with van der Waals surface area (Å²) < 4.78 is 44.6. The number of hydrogen-bond acceptors (Lipinski definition) is 9. The van der Waals surface area contributed by atoms with Crippen molar-refractivity contribution in [2.24, 2.45) is 0 Å². The van der Waals surface area contributed by atoms with Crippen molar-refractivity contribution >= 4 is 40.1 Å². The Bertz CT molecular complexity index is 1080. The van der Waals surface area contributed by atoms with Crippen LogP contribution in [0.25, 0.3) is 5.82 Å². The molecule has 0 aliphatic rings. The summed E-state index contributed by atoms with van der Waals surface area (Å²) in [7, 11) is 0. The molecule has 164 valence electrons. The van der Waals surface area contributed by atoms with E-state index in [2.05, 4.69) is 25.6 Å². The second-order valence-electron chi connectivity index (χ2n) is 5.88. The van der Waals surface area contributed by atoms with Crippen LogP contribution < -0.4 is 5.32 Å². The maximum atomic E-state index is 12.7. The van der Waals surface area contributed by atoms with Gasteiger partial charge in [0.15, 0.2) is 10.2 Å². The molecule has 14 heteroatoms. The van der Waals surface area contributed by atoms with Crippen molar-refractivity contribution in [3.63, 3.8) is 0 Å². The van der Waals surface area contributed by atoms with Crippen LogP contribution in [0.2, 0.25) is 0 Å². The fraction of sp³-hybridized carbons (Fsp3) is 0.294. The lowest BCUT2D eigenvalue weighted by molar-refractivity contribution is -0.140. The molecule has 0 saturated heterocycles. The Morgan fingerprint density at radius 2 is 2.03 bits per heavy atom. The van der Waals surface area contributed by atoms with Gasteiger partial charge in [0, 0.05) is 6.20 Å². The van der Waals surface area contributed by atoms with E-state index >= 15 is 0 Å². The lowest BCUT2D eigenvalue weighted by atomic mass is 10.2. The summed E-state index contributed by atoms with van der Waals surface area (Å²) in [6.45, 7) is 3.58. The van der Waals surface area contributed by atoms with Gasteiger partial charge in [-0.15, -0.1) is 10.2 Å². The number of halogens is 3. The van der Waals surface area contributed by atoms with Crippen molar-refractivity contribution in [1.29, 1.82) is 0 Å². The molecule has 0 radical (unpaired) electrons. The van der Waals surface area contributed by atoms with Crippen LogP contribution in [0.1, 0.15) is 28.5 Å². The van der Waals surface area contributed by atoms with E-state index in [9.17, 15) is 22.8 Å². The minimum Gasteiger partial charge on any atom is -0.465 e. The predicted molar refractivity (Wildman–Crippen MR) is 106 cm³/mol. The Morgan fingerprint density at radius 1 is 1.26 bits per heavy atom. The quantitative estimate of drug-likeness (QED) is 0.317. The molecule has 0 fully saturated rings. The molecular formula is C17H15F3N6O3S2. The number of aromatic nitrogens is 5. The topological polar surface area (TPSA) is 112 Å². The molecule has 1 amide bonds. The molecule has 3 aromatic heterocycles. The molecule has 3 rings (SSSR count). The van der Waals surface area contributed by atoms with Crippen LogP contribution in [-0.2, 0) is 15.7 Å². The van der Waals surface area contributed by atoms with Crippen molar-refractivity contribution in [1.82, 2.24) is 25.0 Å². The van der Waals surface area contributed by atoms with Gasteiger partial charge in [-0.05, 0) is 26.0 Å². The molecule has 9 nitrogen and oxygen atoms in total. The van der Waals surface area contributed by atoms with E-state index in [4.69, 9.17) is 4.74 Å². The van der Waals surface area contributed by atoms with Crippen molar-refractivity contribution in [2.75, 3.05) is 17.7 Å². The summed E-state index contributed by atoms with van der Waals surface area (Å²) in [4.78, 5) is 27.7. The fourth-order valence-corrected chi connectivity index (χ4v) is 3.89. The van der Waals surface area contributed by atoms with Gasteiger partial charge in [-0.1, -0.05) is 23.1 Å². The number of alkyl halides is 3. The standard InChI is InChI=1S/C17H15F3N6O3S2/c1-3-29-13(27)8-30-16-25-24-15(31-16)23-14(28)11-7-22-26(9(11)2)12-5-4-10(6-21-12)17(18,19)20/h4-7H,3,8H2,1-2H3,(H,23,24,28). The zero-order chi connectivity index (χ0) is 22.6. The average molecular weight is 472 g/mol. The van der Waals surface area contributed by atoms with E-state index < -0.39 is 17.6 Å². The van der Waals surface area contributed by atoms with Gasteiger partial charge in [-0.25, -0.2) is 9.67 Å². The highest BCUT2D eigenvalue weighted by molar-refractivity contribution is 8.01. The zero-order valence-electron chi connectivity index (χ0n) is 16.1. The first-order valence-electron chi connectivity index (χ1n) is 8.70. The number of nitrogens with zero attached hydrogens (tertiary/aromatic N) is 5. The van der Waals surface area contributed by atoms with Crippen LogP contribution in [0.3, 0.4) is 0 Å². The molecular weight excluding hydrogens is 457 g/mol. The normalized spacial score (nSPS) is 11.4. The highest BCUT2D eigenvalue weighted by atomic mass is 32.2. The third-order valence-corrected chi connectivity index (χ3v) is 5.74. The maximum absolute atomic E-state index is 12.7. The molecule has 0 spiro atoms. The number of ether oxygens (including phenoxy) is 1. The number of hydrogen-bond donors (Lipinski definition) is 1. The van der Waals surface area contributed by atoms with Crippen molar-refractivity contribution < 1.29 is 27.5 Å². The molecule has 3 aromatic rings. The monoisotopic (exact) mass is 472 g/mol. The van der Waals surface area contributed by atoms with Gasteiger partial charge in [-0.2, -0.15) is 18.3 Å². The lowest BCUT2D eigenvalue weighted by Gasteiger charge is -2.08. The van der Waals surface area contributed by atoms with E-state index in [0.717, 1.165) is 29.2 Å². The predicted octanol–water partition coefficient (Wildman–Crippen LogP) is 3.35. The molecule has 0 bridgehead atoms. The molecule has 1 N–H and O–H groups in total. The fourth-order valence-electron chi connectivity index (χ4n) is 2.35. The van der Waals surface area contributed by atoms with Crippen molar-refractivity contribution in [3.8, 4) is 5.82 Å². The lowest BCUT2D eigenvalue weighted by Crippen LogP contribution is -2.13. The first kappa shape index (κ1) is 22.7. The van der Waals surface area contributed by atoms with Crippen LogP contribution in [0, 0.1) is 6.92 Å². The van der Waals surface area contributed by atoms with Crippen molar-refractivity contribution in [3.05, 3.63) is 41.3 Å². The summed E-state index contributed by atoms with van der Waals surface area (Å²) in [5.41, 5.74) is -0.310. The minimum absolute atomic E-state index is 0.0719. The Hall–Kier alpha value is -3.00. The third kappa shape index (κ3) is 5.58. The summed E-state index contributed by atoms with van der Waals surface area (Å²) in [6.07, 6.45) is -2.51. The number of anilines is 1. The second-order valence-corrected chi connectivity index (χ2v) is 8.08. The number of esters is 1. The Balaban J connectivity index is 1.67. The Labute approximate surface area is 182 Å². The molecule has 0 aliphatic carbocycles. The summed E-state index contributed by atoms with van der Waals surface area (Å²) in [6, 6.07) is 2.06. The summed E-state index contributed by atoms with van der Waals surface area (Å²) >= 11 is 2.22. The smallest absolute Gasteiger partial charge is 0.417 e. The van der Waals surface area contributed by atoms with Crippen molar-refractivity contribution in [2.45, 2.75) is 24.4 Å². The van der Waals surface area contributed by atoms with E-state index in [1.807, 2.05) is 0 Å². The van der Waals surface area contributed by atoms with Gasteiger partial charge in [-0.3, -0.25) is 14.9 Å². The molecule has 0 saturated carbocycles. The maximum Gasteiger partial charge on any atom is 0.417 e. The first-order chi connectivity index (χ1) is 14.7. The summed E-state index contributed by atoms with van der Waals surface area (Å²) in [5, 5.41) is 14.6. The van der Waals surface area contributed by atoms with E-state index in [1.165, 1.54) is 16.9 Å². The number of nitrogens with one attached hydrogen (secondary N) is 1. The number of pyridine rings is 1. The van der Waals surface area contributed by atoms with Gasteiger partial charge in [0.1, 0.15) is 0 Å². The van der Waals surface area contributed by atoms with E-state index in [1.54, 1.807) is 13.8 Å². The highest BCUT2D eigenvalue weighted by Crippen LogP contribution is 2.29. The van der Waals surface area contributed by atoms with Crippen LogP contribution in [0.15, 0.2) is 28.9 Å². The van der Waals surface area contributed by atoms with E-state index in [-0.39, 0.29) is 34.8 Å². The van der Waals surface area contributed by atoms with Crippen LogP contribution in [-0.4, -0.2) is 49.2 Å². The molecule has 0 aliphatic heterocycles. The van der Waals surface area contributed by atoms with Crippen LogP contribution >= 0.6 is 23.1 Å².